The van der Waals surface area contributed by atoms with Gasteiger partial charge in [0.1, 0.15) is 5.82 Å². The van der Waals surface area contributed by atoms with Crippen LogP contribution in [0.2, 0.25) is 5.02 Å². The maximum absolute atomic E-state index is 13.9. The predicted octanol–water partition coefficient (Wildman–Crippen LogP) is 5.90. The molecular formula is C22H32ClFN2O. The van der Waals surface area contributed by atoms with E-state index in [-0.39, 0.29) is 18.0 Å². The van der Waals surface area contributed by atoms with Gasteiger partial charge in [0.15, 0.2) is 0 Å². The van der Waals surface area contributed by atoms with Gasteiger partial charge < -0.3 is 15.4 Å². The summed E-state index contributed by atoms with van der Waals surface area (Å²) in [4.78, 5) is 0. The molecule has 2 aliphatic rings. The van der Waals surface area contributed by atoms with Gasteiger partial charge in [0, 0.05) is 29.6 Å². The Hall–Kier alpha value is -1.62. The zero-order chi connectivity index (χ0) is 20.4. The third-order valence-corrected chi connectivity index (χ3v) is 4.99. The molecule has 3 rings (SSSR count). The van der Waals surface area contributed by atoms with Gasteiger partial charge in [0.05, 0.1) is 17.9 Å². The minimum Gasteiger partial charge on any atom is -0.382 e. The van der Waals surface area contributed by atoms with E-state index >= 15 is 0 Å². The lowest BCUT2D eigenvalue weighted by Gasteiger charge is -2.41. The molecule has 27 heavy (non-hydrogen) atoms. The number of anilines is 1. The van der Waals surface area contributed by atoms with Gasteiger partial charge in [0.25, 0.3) is 0 Å². The molecule has 150 valence electrons. The fourth-order valence-corrected chi connectivity index (χ4v) is 3.42. The van der Waals surface area contributed by atoms with Crippen LogP contribution >= 0.6 is 11.6 Å². The first-order valence-electron chi connectivity index (χ1n) is 9.28. The smallest absolute Gasteiger partial charge is 0.148 e. The van der Waals surface area contributed by atoms with Gasteiger partial charge in [-0.1, -0.05) is 35.9 Å². The van der Waals surface area contributed by atoms with E-state index in [2.05, 4.69) is 30.4 Å². The number of rotatable bonds is 3. The Morgan fingerprint density at radius 2 is 2.11 bits per heavy atom. The molecule has 0 spiro atoms. The van der Waals surface area contributed by atoms with E-state index in [1.165, 1.54) is 11.6 Å². The zero-order valence-electron chi connectivity index (χ0n) is 16.7. The number of fused-ring (bicyclic) bond motifs is 3. The van der Waals surface area contributed by atoms with Crippen LogP contribution < -0.4 is 10.6 Å². The molecule has 0 amide bonds. The highest BCUT2D eigenvalue weighted by molar-refractivity contribution is 6.30. The molecule has 0 saturated carbocycles. The number of allylic oxidation sites excluding steroid dienone is 3. The van der Waals surface area contributed by atoms with Crippen molar-refractivity contribution >= 4 is 17.3 Å². The molecule has 0 aromatic heterocycles. The molecule has 1 aromatic carbocycles. The van der Waals surface area contributed by atoms with E-state index in [4.69, 9.17) is 16.3 Å². The Balaban J connectivity index is 0.000000392. The summed E-state index contributed by atoms with van der Waals surface area (Å²) in [5.41, 5.74) is 2.65. The minimum absolute atomic E-state index is 0.0449. The van der Waals surface area contributed by atoms with Gasteiger partial charge in [-0.25, -0.2) is 4.39 Å². The second-order valence-corrected chi connectivity index (χ2v) is 6.98. The van der Waals surface area contributed by atoms with Crippen molar-refractivity contribution < 1.29 is 9.13 Å². The Bertz CT molecular complexity index is 647. The van der Waals surface area contributed by atoms with Crippen molar-refractivity contribution in [2.45, 2.75) is 38.9 Å². The molecule has 3 nitrogen and oxygen atoms in total. The van der Waals surface area contributed by atoms with Crippen molar-refractivity contribution in [3.63, 3.8) is 0 Å². The fraction of sp³-hybridized carbons (Fsp3) is 0.455. The Kier molecular flexibility index (Phi) is 10.4. The van der Waals surface area contributed by atoms with Crippen molar-refractivity contribution in [2.75, 3.05) is 25.5 Å². The van der Waals surface area contributed by atoms with Gasteiger partial charge in [-0.2, -0.15) is 0 Å². The molecule has 2 heterocycles. The zero-order valence-corrected chi connectivity index (χ0v) is 17.4. The molecule has 3 atom stereocenters. The standard InChI is InChI=1S/C14H18ClFN2O.C6H10.C2H4/c1-17-7-10-3-2-8-6-18-13-11(14(8)19-10)4-9(15)5-12(13)16;1-4-6(3)5-2;1-2/h4-5,8,10,14,17-18H,2-3,6-7H2,1H3;4-5H,1H2,2-3H3;1-2H2/b;6-5-;. The highest BCUT2D eigenvalue weighted by Gasteiger charge is 2.37. The minimum atomic E-state index is -0.291. The molecular weight excluding hydrogens is 363 g/mol. The van der Waals surface area contributed by atoms with Crippen LogP contribution in [0.4, 0.5) is 10.1 Å². The van der Waals surface area contributed by atoms with Crippen LogP contribution in [0, 0.1) is 11.7 Å². The first-order chi connectivity index (χ1) is 13.0. The van der Waals surface area contributed by atoms with Crippen molar-refractivity contribution in [1.82, 2.24) is 5.32 Å². The summed E-state index contributed by atoms with van der Waals surface area (Å²) in [6, 6.07) is 3.17. The number of hydrogen-bond acceptors (Lipinski definition) is 3. The number of benzene rings is 1. The topological polar surface area (TPSA) is 33.3 Å². The molecule has 0 radical (unpaired) electrons. The van der Waals surface area contributed by atoms with Gasteiger partial charge in [0.2, 0.25) is 0 Å². The molecule has 5 heteroatoms. The highest BCUT2D eigenvalue weighted by atomic mass is 35.5. The van der Waals surface area contributed by atoms with Crippen molar-refractivity contribution in [3.8, 4) is 0 Å². The summed E-state index contributed by atoms with van der Waals surface area (Å²) >= 11 is 5.97. The first kappa shape index (κ1) is 23.4. The Morgan fingerprint density at radius 3 is 2.67 bits per heavy atom. The molecule has 2 aliphatic heterocycles. The summed E-state index contributed by atoms with van der Waals surface area (Å²) in [6.07, 6.45) is 6.14. The van der Waals surface area contributed by atoms with Crippen LogP contribution in [-0.2, 0) is 4.74 Å². The van der Waals surface area contributed by atoms with Crippen LogP contribution in [0.3, 0.4) is 0 Å². The number of halogens is 2. The fourth-order valence-electron chi connectivity index (χ4n) is 3.21. The van der Waals surface area contributed by atoms with Gasteiger partial charge in [-0.05, 0) is 45.9 Å². The lowest BCUT2D eigenvalue weighted by Crippen LogP contribution is -2.40. The van der Waals surface area contributed by atoms with Crippen LogP contribution in [0.25, 0.3) is 0 Å². The average molecular weight is 395 g/mol. The summed E-state index contributed by atoms with van der Waals surface area (Å²) in [5, 5.41) is 6.74. The molecule has 2 N–H and O–H groups in total. The largest absolute Gasteiger partial charge is 0.382 e. The highest BCUT2D eigenvalue weighted by Crippen LogP contribution is 2.44. The van der Waals surface area contributed by atoms with Crippen LogP contribution in [-0.4, -0.2) is 26.2 Å². The van der Waals surface area contributed by atoms with Gasteiger partial charge >= 0.3 is 0 Å². The normalized spacial score (nSPS) is 23.3. The molecule has 1 saturated heterocycles. The third-order valence-electron chi connectivity index (χ3n) is 4.77. The summed E-state index contributed by atoms with van der Waals surface area (Å²) in [6.45, 7) is 15.2. The van der Waals surface area contributed by atoms with Crippen molar-refractivity contribution in [3.05, 3.63) is 66.0 Å². The van der Waals surface area contributed by atoms with E-state index in [9.17, 15) is 4.39 Å². The van der Waals surface area contributed by atoms with E-state index < -0.39 is 0 Å². The molecule has 3 unspecified atom stereocenters. The first-order valence-corrected chi connectivity index (χ1v) is 9.66. The number of ether oxygens (including phenoxy) is 1. The summed E-state index contributed by atoms with van der Waals surface area (Å²) in [7, 11) is 1.92. The molecule has 0 bridgehead atoms. The van der Waals surface area contributed by atoms with E-state index in [1.54, 1.807) is 0 Å². The van der Waals surface area contributed by atoms with Crippen LogP contribution in [0.1, 0.15) is 38.4 Å². The van der Waals surface area contributed by atoms with E-state index in [0.717, 1.165) is 31.5 Å². The summed E-state index contributed by atoms with van der Waals surface area (Å²) in [5.74, 6) is 0.110. The molecule has 1 fully saturated rings. The van der Waals surface area contributed by atoms with Crippen molar-refractivity contribution in [1.29, 1.82) is 0 Å². The second-order valence-electron chi connectivity index (χ2n) is 6.54. The van der Waals surface area contributed by atoms with E-state index in [0.29, 0.717) is 16.6 Å². The predicted molar refractivity (Wildman–Crippen MR) is 115 cm³/mol. The van der Waals surface area contributed by atoms with Crippen molar-refractivity contribution in [2.24, 2.45) is 5.92 Å². The average Bonchev–Trinajstić information content (AvgIpc) is 2.69. The maximum atomic E-state index is 13.9. The Morgan fingerprint density at radius 1 is 1.41 bits per heavy atom. The van der Waals surface area contributed by atoms with E-state index in [1.807, 2.05) is 39.1 Å². The number of hydrogen-bond donors (Lipinski definition) is 2. The lowest BCUT2D eigenvalue weighted by molar-refractivity contribution is -0.0821. The number of likely N-dealkylation sites (N-methyl/N-ethyl adjacent to an activating group) is 1. The monoisotopic (exact) mass is 394 g/mol. The van der Waals surface area contributed by atoms with Crippen LogP contribution in [0.15, 0.2) is 49.6 Å². The maximum Gasteiger partial charge on any atom is 0.148 e. The molecule has 0 aliphatic carbocycles. The van der Waals surface area contributed by atoms with Crippen LogP contribution in [0.5, 0.6) is 0 Å². The summed E-state index contributed by atoms with van der Waals surface area (Å²) < 4.78 is 20.1. The third kappa shape index (κ3) is 6.49. The van der Waals surface area contributed by atoms with Gasteiger partial charge in [-0.15, -0.1) is 13.2 Å². The van der Waals surface area contributed by atoms with Gasteiger partial charge in [-0.3, -0.25) is 0 Å². The quantitative estimate of drug-likeness (QED) is 0.494. The lowest BCUT2D eigenvalue weighted by atomic mass is 9.84. The second kappa shape index (κ2) is 12.0. The SMILES string of the molecule is C=C.C=C/C(C)=C\C.CNCC1CCC2CNc3c(F)cc(Cl)cc3C2O1. The number of nitrogens with one attached hydrogen (secondary N) is 2. The Labute approximate surface area is 168 Å². The molecule has 1 aromatic rings.